The van der Waals surface area contributed by atoms with Crippen LogP contribution in [0.3, 0.4) is 0 Å². The summed E-state index contributed by atoms with van der Waals surface area (Å²) in [5.41, 5.74) is 0. The molecule has 19 heteroatoms. The molecule has 0 amide bonds. The van der Waals surface area contributed by atoms with Crippen molar-refractivity contribution in [1.82, 2.24) is 0 Å². The fraction of sp³-hybridized carbons (Fsp3) is 0.952. The normalized spacial score (nSPS) is 14.1. The number of aliphatic hydroxyl groups is 1. The highest BCUT2D eigenvalue weighted by molar-refractivity contribution is 7.47. The molecule has 0 rings (SSSR count). The lowest BCUT2D eigenvalue weighted by Crippen LogP contribution is -2.30. The van der Waals surface area contributed by atoms with E-state index in [0.717, 1.165) is 102 Å². The number of unbranched alkanes of at least 4 members (excludes halogenated alkanes) is 52. The molecule has 0 radical (unpaired) electrons. The molecule has 3 N–H and O–H groups in total. The first-order valence-corrected chi connectivity index (χ1v) is 46.5. The third-order valence-electron chi connectivity index (χ3n) is 20.1. The molecule has 0 heterocycles. The van der Waals surface area contributed by atoms with Gasteiger partial charge in [0.2, 0.25) is 0 Å². The Bertz CT molecular complexity index is 1980. The van der Waals surface area contributed by atoms with Crippen LogP contribution in [0, 0.1) is 11.8 Å². The number of esters is 4. The molecule has 0 aliphatic rings. The highest BCUT2D eigenvalue weighted by atomic mass is 31.2. The van der Waals surface area contributed by atoms with Crippen molar-refractivity contribution in [2.45, 2.75) is 464 Å². The van der Waals surface area contributed by atoms with Crippen LogP contribution in [0.2, 0.25) is 0 Å². The van der Waals surface area contributed by atoms with Crippen LogP contribution >= 0.6 is 15.6 Å². The lowest BCUT2D eigenvalue weighted by atomic mass is 9.99. The molecular formula is C84H164O17P2. The lowest BCUT2D eigenvalue weighted by Gasteiger charge is -2.21. The number of ether oxygens (including phenoxy) is 4. The summed E-state index contributed by atoms with van der Waals surface area (Å²) in [5.74, 6) is -0.498. The summed E-state index contributed by atoms with van der Waals surface area (Å²) in [6, 6.07) is 0. The molecule has 612 valence electrons. The van der Waals surface area contributed by atoms with E-state index in [9.17, 15) is 43.2 Å². The maximum absolute atomic E-state index is 13.1. The Morgan fingerprint density at radius 3 is 0.738 bits per heavy atom. The van der Waals surface area contributed by atoms with E-state index in [1.807, 2.05) is 0 Å². The third-order valence-corrected chi connectivity index (χ3v) is 22.0. The summed E-state index contributed by atoms with van der Waals surface area (Å²) >= 11 is 0. The van der Waals surface area contributed by atoms with Crippen LogP contribution in [-0.4, -0.2) is 96.7 Å². The fourth-order valence-corrected chi connectivity index (χ4v) is 14.6. The lowest BCUT2D eigenvalue weighted by molar-refractivity contribution is -0.161. The number of carbonyl (C=O) groups excluding carboxylic acids is 4. The van der Waals surface area contributed by atoms with Gasteiger partial charge in [0.15, 0.2) is 12.2 Å². The van der Waals surface area contributed by atoms with Crippen molar-refractivity contribution < 1.29 is 80.2 Å². The summed E-state index contributed by atoms with van der Waals surface area (Å²) in [7, 11) is -9.92. The molecule has 0 aromatic heterocycles. The molecule has 17 nitrogen and oxygen atoms in total. The molecule has 0 spiro atoms. The minimum atomic E-state index is -4.96. The molecule has 103 heavy (non-hydrogen) atoms. The molecule has 0 saturated heterocycles. The quantitative estimate of drug-likeness (QED) is 0.0222. The summed E-state index contributed by atoms with van der Waals surface area (Å²) < 4.78 is 68.8. The van der Waals surface area contributed by atoms with Gasteiger partial charge >= 0.3 is 39.5 Å². The number of phosphoric acid groups is 2. The molecule has 0 saturated carbocycles. The number of aliphatic hydroxyl groups excluding tert-OH is 1. The zero-order valence-corrected chi connectivity index (χ0v) is 69.4. The van der Waals surface area contributed by atoms with E-state index >= 15 is 0 Å². The van der Waals surface area contributed by atoms with Gasteiger partial charge < -0.3 is 33.8 Å². The monoisotopic (exact) mass is 1510 g/mol. The smallest absolute Gasteiger partial charge is 0.462 e. The SMILES string of the molecule is CCCCCCCCCCCCCCCCCCCCC(=O)OC[C@H](COP(=O)(O)OC[C@@H](O)COP(=O)(O)OC[C@@H](COC(=O)CCCCCCCCCCCCC)OC(=O)CCCCCCCCCCCC(C)C)OC(=O)CCCCCCCCCCCCCCCCCCCCC(C)CC. The van der Waals surface area contributed by atoms with Gasteiger partial charge in [-0.05, 0) is 37.5 Å². The minimum absolute atomic E-state index is 0.106. The number of rotatable bonds is 83. The molecule has 0 aromatic carbocycles. The topological polar surface area (TPSA) is 237 Å². The second-order valence-corrected chi connectivity index (χ2v) is 33.8. The average Bonchev–Trinajstić information content (AvgIpc) is 0.958. The molecule has 3 unspecified atom stereocenters. The van der Waals surface area contributed by atoms with Gasteiger partial charge in [0.1, 0.15) is 19.3 Å². The van der Waals surface area contributed by atoms with Crippen molar-refractivity contribution in [1.29, 1.82) is 0 Å². The van der Waals surface area contributed by atoms with Crippen molar-refractivity contribution in [3.8, 4) is 0 Å². The van der Waals surface area contributed by atoms with E-state index in [2.05, 4.69) is 41.5 Å². The van der Waals surface area contributed by atoms with Gasteiger partial charge in [-0.3, -0.25) is 37.3 Å². The van der Waals surface area contributed by atoms with Gasteiger partial charge in [0.25, 0.3) is 0 Å². The van der Waals surface area contributed by atoms with Crippen LogP contribution in [0.15, 0.2) is 0 Å². The maximum atomic E-state index is 13.1. The van der Waals surface area contributed by atoms with Crippen LogP contribution in [-0.2, 0) is 65.4 Å². The first kappa shape index (κ1) is 101. The van der Waals surface area contributed by atoms with Gasteiger partial charge in [-0.1, -0.05) is 395 Å². The van der Waals surface area contributed by atoms with Gasteiger partial charge in [0.05, 0.1) is 26.4 Å². The Balaban J connectivity index is 5.21. The van der Waals surface area contributed by atoms with Crippen molar-refractivity contribution in [3.05, 3.63) is 0 Å². The van der Waals surface area contributed by atoms with Gasteiger partial charge in [-0.2, -0.15) is 0 Å². The van der Waals surface area contributed by atoms with E-state index < -0.39 is 97.5 Å². The second-order valence-electron chi connectivity index (χ2n) is 30.9. The van der Waals surface area contributed by atoms with Crippen molar-refractivity contribution >= 4 is 39.5 Å². The van der Waals surface area contributed by atoms with Crippen molar-refractivity contribution in [3.63, 3.8) is 0 Å². The Morgan fingerprint density at radius 1 is 0.282 bits per heavy atom. The summed E-state index contributed by atoms with van der Waals surface area (Å²) in [4.78, 5) is 73.1. The van der Waals surface area contributed by atoms with Crippen molar-refractivity contribution in [2.24, 2.45) is 11.8 Å². The van der Waals surface area contributed by atoms with Crippen molar-refractivity contribution in [2.75, 3.05) is 39.6 Å². The first-order chi connectivity index (χ1) is 49.9. The zero-order chi connectivity index (χ0) is 75.6. The number of hydrogen-bond donors (Lipinski definition) is 3. The summed E-state index contributed by atoms with van der Waals surface area (Å²) in [5, 5.41) is 10.7. The Morgan fingerprint density at radius 2 is 0.495 bits per heavy atom. The van der Waals surface area contributed by atoms with Gasteiger partial charge in [0, 0.05) is 25.7 Å². The van der Waals surface area contributed by atoms with E-state index in [1.165, 1.54) is 263 Å². The molecule has 0 aliphatic carbocycles. The standard InChI is InChI=1S/C84H164O17P2/c1-7-10-12-14-16-18-20-21-22-23-27-30-33-37-43-49-55-61-67-82(87)95-72-79(100-83(88)68-62-56-50-44-38-34-31-28-25-24-26-29-32-36-41-47-53-59-65-77(6)9-3)74-98-102(90,91)96-70-78(85)71-97-103(92,93)99-75-80(73-94-81(86)66-60-54-48-42-35-19-17-15-13-11-8-2)101-84(89)69-63-57-51-45-39-40-46-52-58-64-76(4)5/h76-80,85H,7-75H2,1-6H3,(H,90,91)(H,92,93)/t77?,78-,79-,80-/m1/s1. The van der Waals surface area contributed by atoms with Crippen LogP contribution < -0.4 is 0 Å². The predicted octanol–water partition coefficient (Wildman–Crippen LogP) is 25.5. The van der Waals surface area contributed by atoms with Gasteiger partial charge in [-0.15, -0.1) is 0 Å². The Kier molecular flexibility index (Phi) is 74.1. The second kappa shape index (κ2) is 75.5. The van der Waals surface area contributed by atoms with E-state index in [-0.39, 0.29) is 25.7 Å². The Labute approximate surface area is 632 Å². The van der Waals surface area contributed by atoms with Crippen LogP contribution in [0.5, 0.6) is 0 Å². The van der Waals surface area contributed by atoms with E-state index in [4.69, 9.17) is 37.0 Å². The predicted molar refractivity (Wildman–Crippen MR) is 423 cm³/mol. The summed E-state index contributed by atoms with van der Waals surface area (Å²) in [6.45, 7) is 9.69. The maximum Gasteiger partial charge on any atom is 0.472 e. The highest BCUT2D eigenvalue weighted by Gasteiger charge is 2.30. The molecule has 0 aliphatic heterocycles. The van der Waals surface area contributed by atoms with E-state index in [0.29, 0.717) is 25.7 Å². The number of carbonyl (C=O) groups is 4. The van der Waals surface area contributed by atoms with Gasteiger partial charge in [-0.25, -0.2) is 9.13 Å². The number of hydrogen-bond acceptors (Lipinski definition) is 15. The molecule has 6 atom stereocenters. The summed E-state index contributed by atoms with van der Waals surface area (Å²) in [6.07, 6.45) is 66.6. The minimum Gasteiger partial charge on any atom is -0.462 e. The fourth-order valence-electron chi connectivity index (χ4n) is 13.0. The third kappa shape index (κ3) is 76.6. The molecular weight excluding hydrogens is 1340 g/mol. The first-order valence-electron chi connectivity index (χ1n) is 43.5. The van der Waals surface area contributed by atoms with Crippen LogP contribution in [0.25, 0.3) is 0 Å². The van der Waals surface area contributed by atoms with E-state index in [1.54, 1.807) is 0 Å². The molecule has 0 bridgehead atoms. The van der Waals surface area contributed by atoms with Crippen LogP contribution in [0.4, 0.5) is 0 Å². The Hall–Kier alpha value is -1.94. The highest BCUT2D eigenvalue weighted by Crippen LogP contribution is 2.45. The largest absolute Gasteiger partial charge is 0.472 e. The zero-order valence-electron chi connectivity index (χ0n) is 67.6. The molecule has 0 aromatic rings. The number of phosphoric ester groups is 2. The molecule has 0 fully saturated rings. The average molecular weight is 1510 g/mol. The van der Waals surface area contributed by atoms with Crippen LogP contribution in [0.1, 0.15) is 446 Å².